The largest absolute Gasteiger partial charge is 0.497 e. The number of aliphatic hydroxyl groups is 1. The van der Waals surface area contributed by atoms with Crippen LogP contribution in [0.3, 0.4) is 0 Å². The van der Waals surface area contributed by atoms with Crippen LogP contribution in [0.2, 0.25) is 0 Å². The van der Waals surface area contributed by atoms with Gasteiger partial charge in [0.25, 0.3) is 0 Å². The molecule has 0 spiro atoms. The lowest BCUT2D eigenvalue weighted by atomic mass is 9.96. The molecule has 0 aromatic heterocycles. The molecule has 1 aromatic carbocycles. The van der Waals surface area contributed by atoms with Crippen molar-refractivity contribution in [3.8, 4) is 5.75 Å². The van der Waals surface area contributed by atoms with Gasteiger partial charge in [-0.05, 0) is 37.2 Å². The van der Waals surface area contributed by atoms with Crippen molar-refractivity contribution in [1.29, 1.82) is 0 Å². The molecule has 0 saturated carbocycles. The Morgan fingerprint density at radius 2 is 2.18 bits per heavy atom. The Kier molecular flexibility index (Phi) is 5.43. The Morgan fingerprint density at radius 1 is 1.47 bits per heavy atom. The molecule has 1 rings (SSSR count). The van der Waals surface area contributed by atoms with Gasteiger partial charge in [-0.1, -0.05) is 22.9 Å². The topological polar surface area (TPSA) is 41.5 Å². The molecule has 0 amide bonds. The number of ether oxygens (including phenoxy) is 1. The molecular weight excluding hydrogens is 282 g/mol. The molecule has 0 radical (unpaired) electrons. The van der Waals surface area contributed by atoms with Gasteiger partial charge in [0.1, 0.15) is 5.75 Å². The highest BCUT2D eigenvalue weighted by molar-refractivity contribution is 9.10. The summed E-state index contributed by atoms with van der Waals surface area (Å²) in [5.74, 6) is 0.808. The van der Waals surface area contributed by atoms with Crippen molar-refractivity contribution in [2.75, 3.05) is 20.2 Å². The van der Waals surface area contributed by atoms with Crippen LogP contribution >= 0.6 is 15.9 Å². The van der Waals surface area contributed by atoms with Gasteiger partial charge in [-0.25, -0.2) is 0 Å². The predicted molar refractivity (Wildman–Crippen MR) is 73.6 cm³/mol. The third-order valence-corrected chi connectivity index (χ3v) is 3.35. The maximum Gasteiger partial charge on any atom is 0.119 e. The SMILES string of the molecule is CCNCC(C)(O)Cc1cc(OC)ccc1Br. The van der Waals surface area contributed by atoms with Gasteiger partial charge >= 0.3 is 0 Å². The lowest BCUT2D eigenvalue weighted by Crippen LogP contribution is -2.39. The number of nitrogens with one attached hydrogen (secondary N) is 1. The van der Waals surface area contributed by atoms with Gasteiger partial charge in [-0.15, -0.1) is 0 Å². The Labute approximate surface area is 111 Å². The van der Waals surface area contributed by atoms with Gasteiger partial charge < -0.3 is 15.2 Å². The normalized spacial score (nSPS) is 14.4. The van der Waals surface area contributed by atoms with Gasteiger partial charge in [-0.3, -0.25) is 0 Å². The third-order valence-electron chi connectivity index (χ3n) is 2.58. The molecule has 0 aliphatic heterocycles. The van der Waals surface area contributed by atoms with Crippen LogP contribution in [0.5, 0.6) is 5.75 Å². The quantitative estimate of drug-likeness (QED) is 0.847. The maximum absolute atomic E-state index is 10.3. The zero-order chi connectivity index (χ0) is 12.9. The lowest BCUT2D eigenvalue weighted by Gasteiger charge is -2.24. The third kappa shape index (κ3) is 4.66. The van der Waals surface area contributed by atoms with Crippen LogP contribution in [-0.2, 0) is 6.42 Å². The minimum atomic E-state index is -0.759. The molecule has 1 aromatic rings. The summed E-state index contributed by atoms with van der Waals surface area (Å²) in [5, 5.41) is 13.4. The van der Waals surface area contributed by atoms with Crippen LogP contribution in [0.4, 0.5) is 0 Å². The second-order valence-electron chi connectivity index (χ2n) is 4.41. The zero-order valence-corrected chi connectivity index (χ0v) is 12.2. The van der Waals surface area contributed by atoms with Gasteiger partial charge in [0.15, 0.2) is 0 Å². The van der Waals surface area contributed by atoms with E-state index in [9.17, 15) is 5.11 Å². The summed E-state index contributed by atoms with van der Waals surface area (Å²) in [4.78, 5) is 0. The minimum Gasteiger partial charge on any atom is -0.497 e. The first-order valence-electron chi connectivity index (χ1n) is 5.74. The molecule has 0 bridgehead atoms. The van der Waals surface area contributed by atoms with Gasteiger partial charge in [-0.2, -0.15) is 0 Å². The summed E-state index contributed by atoms with van der Waals surface area (Å²) < 4.78 is 6.18. The molecule has 3 nitrogen and oxygen atoms in total. The fourth-order valence-corrected chi connectivity index (χ4v) is 2.07. The average molecular weight is 302 g/mol. The number of halogens is 1. The van der Waals surface area contributed by atoms with Crippen molar-refractivity contribution in [2.45, 2.75) is 25.9 Å². The standard InChI is InChI=1S/C13H20BrNO2/c1-4-15-9-13(2,16)8-10-7-11(17-3)5-6-12(10)14/h5-7,15-16H,4,8-9H2,1-3H3. The molecule has 1 unspecified atom stereocenters. The average Bonchev–Trinajstić information content (AvgIpc) is 2.29. The molecule has 1 atom stereocenters. The van der Waals surface area contributed by atoms with Gasteiger partial charge in [0.05, 0.1) is 12.7 Å². The number of benzene rings is 1. The van der Waals surface area contributed by atoms with Crippen molar-refractivity contribution < 1.29 is 9.84 Å². The summed E-state index contributed by atoms with van der Waals surface area (Å²) in [6, 6.07) is 5.79. The van der Waals surface area contributed by atoms with Crippen LogP contribution in [0.15, 0.2) is 22.7 Å². The van der Waals surface area contributed by atoms with Crippen LogP contribution in [0.1, 0.15) is 19.4 Å². The summed E-state index contributed by atoms with van der Waals surface area (Å²) in [6.45, 7) is 5.29. The van der Waals surface area contributed by atoms with E-state index in [1.165, 1.54) is 0 Å². The fraction of sp³-hybridized carbons (Fsp3) is 0.538. The Morgan fingerprint density at radius 3 is 2.76 bits per heavy atom. The van der Waals surface area contributed by atoms with E-state index < -0.39 is 5.60 Å². The Hall–Kier alpha value is -0.580. The molecule has 4 heteroatoms. The number of likely N-dealkylation sites (N-methyl/N-ethyl adjacent to an activating group) is 1. The summed E-state index contributed by atoms with van der Waals surface area (Å²) >= 11 is 3.49. The number of hydrogen-bond donors (Lipinski definition) is 2. The minimum absolute atomic E-state index is 0.577. The molecule has 17 heavy (non-hydrogen) atoms. The highest BCUT2D eigenvalue weighted by Crippen LogP contribution is 2.25. The number of hydrogen-bond acceptors (Lipinski definition) is 3. The number of rotatable bonds is 6. The van der Waals surface area contributed by atoms with E-state index in [1.807, 2.05) is 32.0 Å². The van der Waals surface area contributed by atoms with E-state index in [4.69, 9.17) is 4.74 Å². The van der Waals surface area contributed by atoms with Crippen LogP contribution < -0.4 is 10.1 Å². The van der Waals surface area contributed by atoms with E-state index >= 15 is 0 Å². The predicted octanol–water partition coefficient (Wildman–Crippen LogP) is 2.36. The van der Waals surface area contributed by atoms with Crippen LogP contribution in [0, 0.1) is 0 Å². The van der Waals surface area contributed by atoms with Gasteiger partial charge in [0, 0.05) is 17.4 Å². The van der Waals surface area contributed by atoms with E-state index in [1.54, 1.807) is 7.11 Å². The van der Waals surface area contributed by atoms with Crippen molar-refractivity contribution >= 4 is 15.9 Å². The first-order chi connectivity index (χ1) is 7.98. The molecule has 0 aliphatic carbocycles. The van der Waals surface area contributed by atoms with Crippen LogP contribution in [0.25, 0.3) is 0 Å². The summed E-state index contributed by atoms with van der Waals surface area (Å²) in [5.41, 5.74) is 0.289. The van der Waals surface area contributed by atoms with E-state index in [0.29, 0.717) is 13.0 Å². The fourth-order valence-electron chi connectivity index (χ4n) is 1.68. The second kappa shape index (κ2) is 6.38. The smallest absolute Gasteiger partial charge is 0.119 e. The molecule has 0 fully saturated rings. The molecule has 0 saturated heterocycles. The Bertz CT molecular complexity index is 366. The Balaban J connectivity index is 2.78. The molecule has 2 N–H and O–H groups in total. The summed E-state index contributed by atoms with van der Waals surface area (Å²) in [6.07, 6.45) is 0.581. The van der Waals surface area contributed by atoms with Crippen molar-refractivity contribution in [3.63, 3.8) is 0 Å². The zero-order valence-electron chi connectivity index (χ0n) is 10.6. The molecule has 0 heterocycles. The number of methoxy groups -OCH3 is 1. The second-order valence-corrected chi connectivity index (χ2v) is 5.27. The van der Waals surface area contributed by atoms with E-state index in [2.05, 4.69) is 21.2 Å². The van der Waals surface area contributed by atoms with Crippen molar-refractivity contribution in [1.82, 2.24) is 5.32 Å². The first kappa shape index (κ1) is 14.5. The van der Waals surface area contributed by atoms with Crippen molar-refractivity contribution in [2.24, 2.45) is 0 Å². The maximum atomic E-state index is 10.3. The first-order valence-corrected chi connectivity index (χ1v) is 6.53. The highest BCUT2D eigenvalue weighted by atomic mass is 79.9. The monoisotopic (exact) mass is 301 g/mol. The van der Waals surface area contributed by atoms with E-state index in [0.717, 1.165) is 22.3 Å². The van der Waals surface area contributed by atoms with Crippen molar-refractivity contribution in [3.05, 3.63) is 28.2 Å². The van der Waals surface area contributed by atoms with Crippen LogP contribution in [-0.4, -0.2) is 30.9 Å². The highest BCUT2D eigenvalue weighted by Gasteiger charge is 2.21. The molecule has 0 aliphatic rings. The van der Waals surface area contributed by atoms with E-state index in [-0.39, 0.29) is 0 Å². The lowest BCUT2D eigenvalue weighted by molar-refractivity contribution is 0.0605. The van der Waals surface area contributed by atoms with Gasteiger partial charge in [0.2, 0.25) is 0 Å². The summed E-state index contributed by atoms with van der Waals surface area (Å²) in [7, 11) is 1.64. The molecule has 96 valence electrons. The molecular formula is C13H20BrNO2.